The Bertz CT molecular complexity index is 690. The predicted octanol–water partition coefficient (Wildman–Crippen LogP) is 2.72. The number of carbonyl (C=O) groups is 2. The molecule has 2 aromatic rings. The molecule has 0 radical (unpaired) electrons. The summed E-state index contributed by atoms with van der Waals surface area (Å²) in [5.74, 6) is 0.0358. The van der Waals surface area contributed by atoms with Crippen molar-refractivity contribution in [2.45, 2.75) is 13.5 Å². The van der Waals surface area contributed by atoms with E-state index in [1.165, 1.54) is 0 Å². The summed E-state index contributed by atoms with van der Waals surface area (Å²) in [5.41, 5.74) is 1.84. The first-order valence-electron chi connectivity index (χ1n) is 8.04. The van der Waals surface area contributed by atoms with Gasteiger partial charge in [-0.05, 0) is 30.5 Å². The zero-order valence-electron chi connectivity index (χ0n) is 13.7. The number of carbonyl (C=O) groups excluding carboxylic acids is 2. The summed E-state index contributed by atoms with van der Waals surface area (Å²) in [6.07, 6.45) is 0. The molecule has 0 atom stereocenters. The summed E-state index contributed by atoms with van der Waals surface area (Å²) in [5, 5.41) is 4.93. The van der Waals surface area contributed by atoms with E-state index < -0.39 is 0 Å². The maximum atomic E-state index is 12.5. The lowest BCUT2D eigenvalue weighted by Gasteiger charge is -2.34. The normalized spacial score (nSPS) is 14.5. The summed E-state index contributed by atoms with van der Waals surface area (Å²) < 4.78 is 0. The van der Waals surface area contributed by atoms with Crippen LogP contribution in [0.15, 0.2) is 41.8 Å². The first kappa shape index (κ1) is 16.5. The maximum Gasteiger partial charge on any atom is 0.317 e. The van der Waals surface area contributed by atoms with E-state index in [4.69, 9.17) is 0 Å². The van der Waals surface area contributed by atoms with Crippen molar-refractivity contribution in [3.8, 4) is 0 Å². The van der Waals surface area contributed by atoms with Crippen LogP contribution in [0.3, 0.4) is 0 Å². The van der Waals surface area contributed by atoms with Gasteiger partial charge >= 0.3 is 6.03 Å². The Hall–Kier alpha value is -2.34. The molecule has 0 bridgehead atoms. The van der Waals surface area contributed by atoms with Gasteiger partial charge in [-0.25, -0.2) is 4.79 Å². The fourth-order valence-corrected chi connectivity index (χ4v) is 3.32. The van der Waals surface area contributed by atoms with Crippen LogP contribution in [0.5, 0.6) is 0 Å². The molecule has 1 saturated heterocycles. The number of nitrogens with zero attached hydrogens (tertiary/aromatic N) is 2. The molecular weight excluding hydrogens is 322 g/mol. The molecule has 0 aliphatic carbocycles. The van der Waals surface area contributed by atoms with Crippen molar-refractivity contribution in [3.63, 3.8) is 0 Å². The Morgan fingerprint density at radius 1 is 1.04 bits per heavy atom. The average Bonchev–Trinajstić information content (AvgIpc) is 3.13. The van der Waals surface area contributed by atoms with Gasteiger partial charge in [0, 0.05) is 36.6 Å². The van der Waals surface area contributed by atoms with E-state index in [1.54, 1.807) is 16.2 Å². The molecule has 6 heteroatoms. The van der Waals surface area contributed by atoms with E-state index >= 15 is 0 Å². The summed E-state index contributed by atoms with van der Waals surface area (Å²) in [6, 6.07) is 11.5. The Morgan fingerprint density at radius 3 is 2.33 bits per heavy atom. The zero-order chi connectivity index (χ0) is 16.9. The van der Waals surface area contributed by atoms with Gasteiger partial charge in [0.15, 0.2) is 0 Å². The number of hydrogen-bond donors (Lipinski definition) is 1. The highest BCUT2D eigenvalue weighted by atomic mass is 32.1. The minimum absolute atomic E-state index is 0.0358. The molecule has 1 aliphatic rings. The summed E-state index contributed by atoms with van der Waals surface area (Å²) in [6.45, 7) is 4.82. The smallest absolute Gasteiger partial charge is 0.317 e. The molecule has 0 saturated carbocycles. The topological polar surface area (TPSA) is 52.7 Å². The van der Waals surface area contributed by atoms with Gasteiger partial charge in [0.05, 0.1) is 6.54 Å². The fraction of sp³-hybridized carbons (Fsp3) is 0.333. The van der Waals surface area contributed by atoms with Crippen molar-refractivity contribution in [1.29, 1.82) is 0 Å². The highest BCUT2D eigenvalue weighted by Gasteiger charge is 2.24. The molecule has 3 rings (SSSR count). The van der Waals surface area contributed by atoms with Crippen LogP contribution in [0.1, 0.15) is 20.8 Å². The zero-order valence-corrected chi connectivity index (χ0v) is 14.5. The third-order valence-electron chi connectivity index (χ3n) is 4.15. The Kier molecular flexibility index (Phi) is 5.15. The monoisotopic (exact) mass is 343 g/mol. The third-order valence-corrected chi connectivity index (χ3v) is 5.02. The second-order valence-electron chi connectivity index (χ2n) is 5.88. The molecule has 1 fully saturated rings. The first-order valence-corrected chi connectivity index (χ1v) is 8.92. The predicted molar refractivity (Wildman–Crippen MR) is 95.2 cm³/mol. The molecule has 1 N–H and O–H groups in total. The van der Waals surface area contributed by atoms with Gasteiger partial charge in [0.2, 0.25) is 0 Å². The highest BCUT2D eigenvalue weighted by molar-refractivity contribution is 7.09. The van der Waals surface area contributed by atoms with Gasteiger partial charge in [0.1, 0.15) is 0 Å². The second-order valence-corrected chi connectivity index (χ2v) is 6.92. The molecule has 126 valence electrons. The minimum Gasteiger partial charge on any atom is -0.335 e. The van der Waals surface area contributed by atoms with E-state index in [0.29, 0.717) is 38.3 Å². The number of urea groups is 1. The van der Waals surface area contributed by atoms with Gasteiger partial charge in [0.25, 0.3) is 5.91 Å². The third kappa shape index (κ3) is 3.94. The van der Waals surface area contributed by atoms with Crippen molar-refractivity contribution in [2.75, 3.05) is 26.2 Å². The summed E-state index contributed by atoms with van der Waals surface area (Å²) >= 11 is 1.63. The van der Waals surface area contributed by atoms with Crippen molar-refractivity contribution in [2.24, 2.45) is 0 Å². The van der Waals surface area contributed by atoms with Gasteiger partial charge in [-0.15, -0.1) is 11.3 Å². The Morgan fingerprint density at radius 2 is 1.71 bits per heavy atom. The van der Waals surface area contributed by atoms with E-state index in [0.717, 1.165) is 10.4 Å². The molecule has 1 aromatic heterocycles. The number of hydrogen-bond acceptors (Lipinski definition) is 3. The molecule has 24 heavy (non-hydrogen) atoms. The van der Waals surface area contributed by atoms with Crippen molar-refractivity contribution in [3.05, 3.63) is 57.8 Å². The number of benzene rings is 1. The van der Waals surface area contributed by atoms with Crippen LogP contribution < -0.4 is 5.32 Å². The molecule has 0 spiro atoms. The number of amides is 3. The highest BCUT2D eigenvalue weighted by Crippen LogP contribution is 2.11. The Labute approximate surface area is 145 Å². The van der Waals surface area contributed by atoms with Crippen LogP contribution in [-0.2, 0) is 6.54 Å². The second kappa shape index (κ2) is 7.49. The lowest BCUT2D eigenvalue weighted by atomic mass is 10.1. The summed E-state index contributed by atoms with van der Waals surface area (Å²) in [7, 11) is 0. The van der Waals surface area contributed by atoms with Gasteiger partial charge in [-0.1, -0.05) is 23.8 Å². The molecule has 0 unspecified atom stereocenters. The molecule has 1 aliphatic heterocycles. The number of thiophene rings is 1. The van der Waals surface area contributed by atoms with Crippen molar-refractivity contribution in [1.82, 2.24) is 15.1 Å². The fourth-order valence-electron chi connectivity index (χ4n) is 2.68. The van der Waals surface area contributed by atoms with E-state index in [2.05, 4.69) is 5.32 Å². The quantitative estimate of drug-likeness (QED) is 0.932. The molecule has 5 nitrogen and oxygen atoms in total. The van der Waals surface area contributed by atoms with Crippen LogP contribution in [0.2, 0.25) is 0 Å². The van der Waals surface area contributed by atoms with Crippen LogP contribution in [0.25, 0.3) is 0 Å². The summed E-state index contributed by atoms with van der Waals surface area (Å²) in [4.78, 5) is 29.4. The molecular formula is C18H21N3O2S. The van der Waals surface area contributed by atoms with Gasteiger partial charge in [-0.2, -0.15) is 0 Å². The largest absolute Gasteiger partial charge is 0.335 e. The van der Waals surface area contributed by atoms with Crippen molar-refractivity contribution >= 4 is 23.3 Å². The number of aryl methyl sites for hydroxylation is 1. The van der Waals surface area contributed by atoms with Crippen LogP contribution in [0, 0.1) is 6.92 Å². The lowest BCUT2D eigenvalue weighted by molar-refractivity contribution is 0.0665. The first-order chi connectivity index (χ1) is 11.6. The molecule has 2 heterocycles. The van der Waals surface area contributed by atoms with Gasteiger partial charge in [-0.3, -0.25) is 4.79 Å². The average molecular weight is 343 g/mol. The SMILES string of the molecule is Cc1ccc(C(=O)N2CCN(C(=O)NCc3cccs3)CC2)cc1. The van der Waals surface area contributed by atoms with Crippen LogP contribution in [0.4, 0.5) is 4.79 Å². The molecule has 3 amide bonds. The van der Waals surface area contributed by atoms with Crippen molar-refractivity contribution < 1.29 is 9.59 Å². The maximum absolute atomic E-state index is 12.5. The Balaban J connectivity index is 1.49. The van der Waals surface area contributed by atoms with E-state index in [-0.39, 0.29) is 11.9 Å². The molecule has 1 aromatic carbocycles. The van der Waals surface area contributed by atoms with E-state index in [1.807, 2.05) is 53.6 Å². The van der Waals surface area contributed by atoms with E-state index in [9.17, 15) is 9.59 Å². The number of piperazine rings is 1. The van der Waals surface area contributed by atoms with Gasteiger partial charge < -0.3 is 15.1 Å². The van der Waals surface area contributed by atoms with Crippen LogP contribution in [-0.4, -0.2) is 47.9 Å². The van der Waals surface area contributed by atoms with Crippen LogP contribution >= 0.6 is 11.3 Å². The number of nitrogens with one attached hydrogen (secondary N) is 1. The standard InChI is InChI=1S/C18H21N3O2S/c1-14-4-6-15(7-5-14)17(22)20-8-10-21(11-9-20)18(23)19-13-16-3-2-12-24-16/h2-7,12H,8-11,13H2,1H3,(H,19,23). The minimum atomic E-state index is -0.0640. The lowest BCUT2D eigenvalue weighted by Crippen LogP contribution is -2.53. The number of rotatable bonds is 3.